The van der Waals surface area contributed by atoms with Crippen molar-refractivity contribution >= 4 is 63.3 Å². The number of aliphatic carboxylic acids is 1. The van der Waals surface area contributed by atoms with Crippen LogP contribution in [0.5, 0.6) is 0 Å². The Kier molecular flexibility index (Phi) is 9.17. The second kappa shape index (κ2) is 12.4. The van der Waals surface area contributed by atoms with Crippen molar-refractivity contribution < 1.29 is 33.2 Å². The molecule has 0 radical (unpaired) electrons. The number of carbonyl (C=O) groups is 3. The molecule has 4 heterocycles. The zero-order valence-electron chi connectivity index (χ0n) is 21.8. The highest BCUT2D eigenvalue weighted by atomic mass is 32.2. The first-order chi connectivity index (χ1) is 19.0. The minimum absolute atomic E-state index is 0.0693. The molecule has 2 aliphatic rings. The second-order valence-corrected chi connectivity index (χ2v) is 12.3. The summed E-state index contributed by atoms with van der Waals surface area (Å²) < 4.78 is 17.0. The first kappa shape index (κ1) is 29.6. The third kappa shape index (κ3) is 6.48. The van der Waals surface area contributed by atoms with E-state index in [2.05, 4.69) is 38.9 Å². The Labute approximate surface area is 241 Å². The lowest BCUT2D eigenvalue weighted by atomic mass is 10.0. The molecular formula is C23H27FN8O5S3. The highest BCUT2D eigenvalue weighted by Crippen LogP contribution is 2.40. The highest BCUT2D eigenvalue weighted by Gasteiger charge is 2.53. The van der Waals surface area contributed by atoms with Crippen molar-refractivity contribution in [3.63, 3.8) is 0 Å². The Bertz CT molecular complexity index is 1390. The summed E-state index contributed by atoms with van der Waals surface area (Å²) in [7, 11) is 4.12. The number of likely N-dealkylation sites (N-methyl/N-ethyl adjacent to an activating group) is 1. The normalized spacial score (nSPS) is 19.6. The van der Waals surface area contributed by atoms with Crippen molar-refractivity contribution in [2.75, 3.05) is 45.4 Å². The molecule has 1 fully saturated rings. The number of nitrogens with two attached hydrogens (primary N) is 1. The fourth-order valence-corrected chi connectivity index (χ4v) is 6.78. The molecular weight excluding hydrogens is 584 g/mol. The van der Waals surface area contributed by atoms with E-state index >= 15 is 0 Å². The predicted octanol–water partition coefficient (Wildman–Crippen LogP) is -0.188. The van der Waals surface area contributed by atoms with Gasteiger partial charge >= 0.3 is 0 Å². The molecule has 4 rings (SSSR count). The van der Waals surface area contributed by atoms with Crippen LogP contribution in [0.3, 0.4) is 0 Å². The lowest BCUT2D eigenvalue weighted by Gasteiger charge is -2.50. The molecule has 0 spiro atoms. The molecule has 13 nitrogen and oxygen atoms in total. The lowest BCUT2D eigenvalue weighted by Crippen LogP contribution is -2.71. The van der Waals surface area contributed by atoms with Crippen molar-refractivity contribution in [2.24, 2.45) is 5.16 Å². The highest BCUT2D eigenvalue weighted by molar-refractivity contribution is 8.00. The SMILES string of the molecule is Cc1ncsc1C[N+](C)(C)C/C=C/C1=C(C(=O)[O-])N2C(=O)[C@@H](NC(=O)/C(=N/OCCF)c3nsc(N)n3)[C@H]2SC1. The molecule has 2 atom stereocenters. The standard InChI is InChI=1S/C23H27FN8O5S3/c1-12-14(39-11-26-12)9-32(2,3)7-4-5-13-10-38-21-16(20(34)31(21)17(13)22(35)36)27-19(33)15(29-37-8-6-24)18-28-23(25)40-30-18/h4-5,11,16,21H,6-10H2,1-3H3,(H3-,25,27,28,30,33,35,36)/b5-4+,29-15+/t16-,21-/m1/s1. The molecule has 0 bridgehead atoms. The zero-order valence-corrected chi connectivity index (χ0v) is 24.3. The molecule has 3 N–H and O–H groups in total. The molecule has 17 heteroatoms. The van der Waals surface area contributed by atoms with Gasteiger partial charge in [0.1, 0.15) is 31.2 Å². The number of fused-ring (bicyclic) bond motifs is 1. The number of anilines is 1. The van der Waals surface area contributed by atoms with E-state index in [0.717, 1.165) is 28.7 Å². The van der Waals surface area contributed by atoms with E-state index in [4.69, 9.17) is 10.6 Å². The van der Waals surface area contributed by atoms with Crippen molar-refractivity contribution in [1.82, 2.24) is 24.6 Å². The minimum atomic E-state index is -1.49. The average molecular weight is 611 g/mol. The van der Waals surface area contributed by atoms with Gasteiger partial charge in [-0.1, -0.05) is 11.2 Å². The Morgan fingerprint density at radius 1 is 1.43 bits per heavy atom. The Morgan fingerprint density at radius 3 is 2.83 bits per heavy atom. The number of hydrogen-bond acceptors (Lipinski definition) is 13. The number of nitrogens with zero attached hydrogens (tertiary/aromatic N) is 6. The molecule has 2 aliphatic heterocycles. The quantitative estimate of drug-likeness (QED) is 0.108. The number of halogens is 1. The van der Waals surface area contributed by atoms with Gasteiger partial charge in [0.05, 0.1) is 48.4 Å². The third-order valence-electron chi connectivity index (χ3n) is 6.01. The Balaban J connectivity index is 1.46. The molecule has 2 aromatic heterocycles. The number of alkyl halides is 1. The molecule has 1 saturated heterocycles. The van der Waals surface area contributed by atoms with Crippen LogP contribution in [0.2, 0.25) is 0 Å². The van der Waals surface area contributed by atoms with Gasteiger partial charge in [0.15, 0.2) is 5.13 Å². The van der Waals surface area contributed by atoms with Crippen LogP contribution in [-0.2, 0) is 25.8 Å². The Morgan fingerprint density at radius 2 is 2.20 bits per heavy atom. The van der Waals surface area contributed by atoms with Gasteiger partial charge in [0.25, 0.3) is 11.8 Å². The Hall–Kier alpha value is -3.41. The molecule has 0 saturated carbocycles. The van der Waals surface area contributed by atoms with Crippen molar-refractivity contribution in [1.29, 1.82) is 0 Å². The summed E-state index contributed by atoms with van der Waals surface area (Å²) in [6.45, 7) is 2.11. The number of allylic oxidation sites excluding steroid dienone is 1. The van der Waals surface area contributed by atoms with Gasteiger partial charge in [-0.3, -0.25) is 14.5 Å². The van der Waals surface area contributed by atoms with Crippen LogP contribution in [0.15, 0.2) is 34.1 Å². The molecule has 214 valence electrons. The number of aryl methyl sites for hydroxylation is 1. The van der Waals surface area contributed by atoms with E-state index in [0.29, 0.717) is 16.6 Å². The predicted molar refractivity (Wildman–Crippen MR) is 147 cm³/mol. The number of nitrogens with one attached hydrogen (secondary N) is 1. The number of aromatic nitrogens is 3. The van der Waals surface area contributed by atoms with Crippen LogP contribution in [0.4, 0.5) is 9.52 Å². The van der Waals surface area contributed by atoms with Gasteiger partial charge in [-0.05, 0) is 18.6 Å². The van der Waals surface area contributed by atoms with Gasteiger partial charge in [-0.2, -0.15) is 9.36 Å². The van der Waals surface area contributed by atoms with Gasteiger partial charge in [0, 0.05) is 17.3 Å². The van der Waals surface area contributed by atoms with Crippen molar-refractivity contribution in [3.05, 3.63) is 45.3 Å². The number of nitrogen functional groups attached to an aromatic ring is 1. The summed E-state index contributed by atoms with van der Waals surface area (Å²) in [4.78, 5) is 53.3. The van der Waals surface area contributed by atoms with E-state index in [1.54, 1.807) is 17.4 Å². The van der Waals surface area contributed by atoms with E-state index in [1.807, 2.05) is 18.5 Å². The molecule has 40 heavy (non-hydrogen) atoms. The summed E-state index contributed by atoms with van der Waals surface area (Å²) in [6.07, 6.45) is 3.59. The van der Waals surface area contributed by atoms with E-state index < -0.39 is 42.5 Å². The maximum atomic E-state index is 13.0. The number of carbonyl (C=O) groups excluding carboxylic acids is 3. The van der Waals surface area contributed by atoms with Gasteiger partial charge < -0.3 is 30.3 Å². The lowest BCUT2D eigenvalue weighted by molar-refractivity contribution is -0.897. The number of quaternary nitrogens is 1. The zero-order chi connectivity index (χ0) is 29.0. The number of carboxylic acids is 1. The number of β-lactam (4-membered cyclic amide) rings is 1. The summed E-state index contributed by atoms with van der Waals surface area (Å²) >= 11 is 3.72. The number of oxime groups is 1. The van der Waals surface area contributed by atoms with Crippen LogP contribution < -0.4 is 16.2 Å². The van der Waals surface area contributed by atoms with E-state index in [1.165, 1.54) is 16.6 Å². The summed E-state index contributed by atoms with van der Waals surface area (Å²) in [5, 5.41) is 17.6. The first-order valence-electron chi connectivity index (χ1n) is 12.0. The van der Waals surface area contributed by atoms with Gasteiger partial charge in [-0.25, -0.2) is 9.37 Å². The van der Waals surface area contributed by atoms with Crippen LogP contribution >= 0.6 is 34.6 Å². The number of thioether (sulfide) groups is 1. The third-order valence-corrected chi connectivity index (χ3v) is 8.77. The van der Waals surface area contributed by atoms with E-state index in [-0.39, 0.29) is 28.1 Å². The molecule has 2 aromatic rings. The molecule has 0 unspecified atom stereocenters. The van der Waals surface area contributed by atoms with Crippen LogP contribution in [0, 0.1) is 6.92 Å². The first-order valence-corrected chi connectivity index (χ1v) is 14.7. The second-order valence-electron chi connectivity index (χ2n) is 9.48. The fourth-order valence-electron chi connectivity index (χ4n) is 4.04. The maximum absolute atomic E-state index is 13.0. The van der Waals surface area contributed by atoms with Crippen molar-refractivity contribution in [3.8, 4) is 0 Å². The van der Waals surface area contributed by atoms with Crippen LogP contribution in [0.1, 0.15) is 16.4 Å². The smallest absolute Gasteiger partial charge is 0.278 e. The number of thiazole rings is 1. The number of hydrogen-bond donors (Lipinski definition) is 2. The number of amides is 2. The van der Waals surface area contributed by atoms with Gasteiger partial charge in [-0.15, -0.1) is 23.1 Å². The largest absolute Gasteiger partial charge is 0.543 e. The number of carboxylic acid groups (broad SMARTS) is 1. The van der Waals surface area contributed by atoms with Gasteiger partial charge in [0.2, 0.25) is 11.5 Å². The molecule has 2 amide bonds. The van der Waals surface area contributed by atoms with E-state index in [9.17, 15) is 23.9 Å². The summed E-state index contributed by atoms with van der Waals surface area (Å²) in [6, 6.07) is -1.04. The monoisotopic (exact) mass is 610 g/mol. The molecule has 0 aliphatic carbocycles. The van der Waals surface area contributed by atoms with Crippen molar-refractivity contribution in [2.45, 2.75) is 24.9 Å². The average Bonchev–Trinajstić information content (AvgIpc) is 3.51. The van der Waals surface area contributed by atoms with Crippen LogP contribution in [-0.4, -0.2) is 98.3 Å². The fraction of sp³-hybridized carbons (Fsp3) is 0.435. The molecule has 0 aromatic carbocycles. The summed E-state index contributed by atoms with van der Waals surface area (Å²) in [5.74, 6) is -2.82. The minimum Gasteiger partial charge on any atom is -0.543 e. The maximum Gasteiger partial charge on any atom is 0.278 e. The topological polar surface area (TPSA) is 176 Å². The van der Waals surface area contributed by atoms with Crippen LogP contribution in [0.25, 0.3) is 0 Å². The number of rotatable bonds is 12. The summed E-state index contributed by atoms with van der Waals surface area (Å²) in [5.41, 5.74) is 8.22.